The van der Waals surface area contributed by atoms with Gasteiger partial charge in [0, 0.05) is 30.0 Å². The maximum Gasteiger partial charge on any atom is 0.242 e. The van der Waals surface area contributed by atoms with Crippen molar-refractivity contribution >= 4 is 43.5 Å². The summed E-state index contributed by atoms with van der Waals surface area (Å²) in [6.45, 7) is 4.15. The predicted molar refractivity (Wildman–Crippen MR) is 147 cm³/mol. The Balaban J connectivity index is 1.72. The lowest BCUT2D eigenvalue weighted by molar-refractivity contribution is -0.141. The van der Waals surface area contributed by atoms with Crippen molar-refractivity contribution in [3.8, 4) is 0 Å². The normalized spacial score (nSPS) is 14.9. The quantitative estimate of drug-likeness (QED) is 0.416. The fraction of sp³-hybridized carbons (Fsp3) is 0.481. The lowest BCUT2D eigenvalue weighted by Gasteiger charge is -2.30. The standard InChI is InChI=1S/C27H36BrN3O4S/c1-20-9-6-14-25(17-20)31(36(3,34)35)16-8-15-26(32)30(19-22-10-7-11-23(28)18-22)21(2)27(33)29-24-12-4-5-13-24/h6-7,9-11,14,17-18,21,24H,4-5,8,12-13,15-16,19H2,1-3H3,(H,29,33). The molecule has 0 aromatic heterocycles. The Bertz CT molecular complexity index is 1170. The number of hydrogen-bond acceptors (Lipinski definition) is 4. The largest absolute Gasteiger partial charge is 0.352 e. The first kappa shape index (κ1) is 28.2. The van der Waals surface area contributed by atoms with Gasteiger partial charge in [-0.1, -0.05) is 53.0 Å². The molecule has 1 saturated carbocycles. The van der Waals surface area contributed by atoms with Crippen molar-refractivity contribution in [1.82, 2.24) is 10.2 Å². The number of anilines is 1. The molecule has 0 spiro atoms. The second-order valence-corrected chi connectivity index (χ2v) is 12.4. The molecule has 1 fully saturated rings. The smallest absolute Gasteiger partial charge is 0.242 e. The Labute approximate surface area is 223 Å². The van der Waals surface area contributed by atoms with Gasteiger partial charge in [-0.05, 0) is 68.5 Å². The van der Waals surface area contributed by atoms with Gasteiger partial charge in [0.25, 0.3) is 0 Å². The van der Waals surface area contributed by atoms with Gasteiger partial charge in [-0.3, -0.25) is 13.9 Å². The molecule has 196 valence electrons. The highest BCUT2D eigenvalue weighted by molar-refractivity contribution is 9.10. The van der Waals surface area contributed by atoms with Gasteiger partial charge in [-0.25, -0.2) is 8.42 Å². The van der Waals surface area contributed by atoms with Crippen LogP contribution in [0.1, 0.15) is 56.6 Å². The summed E-state index contributed by atoms with van der Waals surface area (Å²) >= 11 is 3.47. The van der Waals surface area contributed by atoms with Gasteiger partial charge in [0.15, 0.2) is 0 Å². The first-order valence-electron chi connectivity index (χ1n) is 12.4. The number of halogens is 1. The summed E-state index contributed by atoms with van der Waals surface area (Å²) in [4.78, 5) is 28.0. The van der Waals surface area contributed by atoms with Crippen LogP contribution in [0.25, 0.3) is 0 Å². The molecule has 1 N–H and O–H groups in total. The third-order valence-corrected chi connectivity index (χ3v) is 8.24. The zero-order valence-electron chi connectivity index (χ0n) is 21.2. The lowest BCUT2D eigenvalue weighted by atomic mass is 10.1. The molecule has 0 aliphatic heterocycles. The molecule has 0 bridgehead atoms. The molecule has 0 saturated heterocycles. The third-order valence-electron chi connectivity index (χ3n) is 6.55. The fourth-order valence-corrected chi connectivity index (χ4v) is 6.00. The van der Waals surface area contributed by atoms with Crippen LogP contribution >= 0.6 is 15.9 Å². The van der Waals surface area contributed by atoms with E-state index in [1.807, 2.05) is 49.4 Å². The van der Waals surface area contributed by atoms with E-state index >= 15 is 0 Å². The molecule has 0 heterocycles. The van der Waals surface area contributed by atoms with Crippen LogP contribution < -0.4 is 9.62 Å². The van der Waals surface area contributed by atoms with Crippen molar-refractivity contribution in [1.29, 1.82) is 0 Å². The number of amides is 2. The number of benzene rings is 2. The van der Waals surface area contributed by atoms with Crippen molar-refractivity contribution in [2.75, 3.05) is 17.1 Å². The third kappa shape index (κ3) is 8.06. The van der Waals surface area contributed by atoms with E-state index in [0.717, 1.165) is 41.3 Å². The number of sulfonamides is 1. The van der Waals surface area contributed by atoms with Crippen molar-refractivity contribution in [2.24, 2.45) is 0 Å². The number of nitrogens with one attached hydrogen (secondary N) is 1. The molecule has 36 heavy (non-hydrogen) atoms. The molecular weight excluding hydrogens is 542 g/mol. The zero-order chi connectivity index (χ0) is 26.3. The molecule has 3 rings (SSSR count). The van der Waals surface area contributed by atoms with Crippen LogP contribution in [-0.2, 0) is 26.2 Å². The topological polar surface area (TPSA) is 86.8 Å². The summed E-state index contributed by atoms with van der Waals surface area (Å²) in [5.41, 5.74) is 2.45. The number of rotatable bonds is 11. The summed E-state index contributed by atoms with van der Waals surface area (Å²) < 4.78 is 27.2. The summed E-state index contributed by atoms with van der Waals surface area (Å²) in [6.07, 6.45) is 5.80. The first-order valence-corrected chi connectivity index (χ1v) is 15.1. The van der Waals surface area contributed by atoms with E-state index in [2.05, 4.69) is 21.2 Å². The van der Waals surface area contributed by atoms with Gasteiger partial charge in [0.1, 0.15) is 6.04 Å². The highest BCUT2D eigenvalue weighted by Crippen LogP contribution is 2.22. The van der Waals surface area contributed by atoms with Crippen LogP contribution in [-0.4, -0.2) is 50.0 Å². The second-order valence-electron chi connectivity index (χ2n) is 9.60. The maximum absolute atomic E-state index is 13.4. The number of carbonyl (C=O) groups is 2. The van der Waals surface area contributed by atoms with E-state index < -0.39 is 16.1 Å². The highest BCUT2D eigenvalue weighted by Gasteiger charge is 2.28. The Morgan fingerprint density at radius 3 is 2.44 bits per heavy atom. The van der Waals surface area contributed by atoms with Crippen molar-refractivity contribution in [3.05, 3.63) is 64.1 Å². The predicted octanol–water partition coefficient (Wildman–Crippen LogP) is 4.78. The number of carbonyl (C=O) groups excluding carboxylic acids is 2. The van der Waals surface area contributed by atoms with Crippen molar-refractivity contribution < 1.29 is 18.0 Å². The SMILES string of the molecule is Cc1cccc(N(CCCC(=O)N(Cc2cccc(Br)c2)C(C)C(=O)NC2CCCC2)S(C)(=O)=O)c1. The number of aryl methyl sites for hydroxylation is 1. The summed E-state index contributed by atoms with van der Waals surface area (Å²) in [7, 11) is -3.51. The summed E-state index contributed by atoms with van der Waals surface area (Å²) in [5, 5.41) is 3.10. The van der Waals surface area contributed by atoms with Crippen LogP contribution in [0.3, 0.4) is 0 Å². The maximum atomic E-state index is 13.4. The van der Waals surface area contributed by atoms with E-state index in [1.165, 1.54) is 10.6 Å². The van der Waals surface area contributed by atoms with Crippen LogP contribution in [0.5, 0.6) is 0 Å². The Morgan fingerprint density at radius 1 is 1.11 bits per heavy atom. The molecule has 2 aromatic carbocycles. The second kappa shape index (κ2) is 12.7. The minimum atomic E-state index is -3.51. The van der Waals surface area contributed by atoms with Crippen LogP contribution in [0.2, 0.25) is 0 Å². The van der Waals surface area contributed by atoms with E-state index in [9.17, 15) is 18.0 Å². The molecule has 2 amide bonds. The van der Waals surface area contributed by atoms with Crippen LogP contribution in [0.15, 0.2) is 53.0 Å². The molecule has 1 atom stereocenters. The van der Waals surface area contributed by atoms with E-state index in [1.54, 1.807) is 17.9 Å². The molecule has 1 aliphatic rings. The molecule has 1 unspecified atom stereocenters. The van der Waals surface area contributed by atoms with Crippen molar-refractivity contribution in [3.63, 3.8) is 0 Å². The molecule has 2 aromatic rings. The molecule has 7 nitrogen and oxygen atoms in total. The Morgan fingerprint density at radius 2 is 1.81 bits per heavy atom. The zero-order valence-corrected chi connectivity index (χ0v) is 23.6. The minimum absolute atomic E-state index is 0.132. The fourth-order valence-electron chi connectivity index (χ4n) is 4.59. The monoisotopic (exact) mass is 577 g/mol. The van der Waals surface area contributed by atoms with Gasteiger partial charge in [-0.15, -0.1) is 0 Å². The molecule has 1 aliphatic carbocycles. The number of nitrogens with zero attached hydrogens (tertiary/aromatic N) is 2. The minimum Gasteiger partial charge on any atom is -0.352 e. The summed E-state index contributed by atoms with van der Waals surface area (Å²) in [6, 6.07) is 14.5. The van der Waals surface area contributed by atoms with E-state index in [4.69, 9.17) is 0 Å². The number of hydrogen-bond donors (Lipinski definition) is 1. The summed E-state index contributed by atoms with van der Waals surface area (Å²) in [5.74, 6) is -0.329. The van der Waals surface area contributed by atoms with Gasteiger partial charge in [0.05, 0.1) is 11.9 Å². The molecule has 0 radical (unpaired) electrons. The highest BCUT2D eigenvalue weighted by atomic mass is 79.9. The average molecular weight is 579 g/mol. The van der Waals surface area contributed by atoms with Gasteiger partial charge in [0.2, 0.25) is 21.8 Å². The van der Waals surface area contributed by atoms with Crippen LogP contribution in [0, 0.1) is 6.92 Å². The van der Waals surface area contributed by atoms with Gasteiger partial charge < -0.3 is 10.2 Å². The van der Waals surface area contributed by atoms with Crippen LogP contribution in [0.4, 0.5) is 5.69 Å². The van der Waals surface area contributed by atoms with Gasteiger partial charge >= 0.3 is 0 Å². The van der Waals surface area contributed by atoms with E-state index in [-0.39, 0.29) is 30.8 Å². The van der Waals surface area contributed by atoms with Crippen molar-refractivity contribution in [2.45, 2.75) is 71.0 Å². The van der Waals surface area contributed by atoms with E-state index in [0.29, 0.717) is 18.7 Å². The first-order chi connectivity index (χ1) is 17.0. The molecular formula is C27H36BrN3O4S. The lowest BCUT2D eigenvalue weighted by Crippen LogP contribution is -2.49. The Hall–Kier alpha value is -2.39. The van der Waals surface area contributed by atoms with Gasteiger partial charge in [-0.2, -0.15) is 0 Å². The molecule has 9 heteroatoms. The Kier molecular flexibility index (Phi) is 9.96. The average Bonchev–Trinajstić information content (AvgIpc) is 3.32.